The summed E-state index contributed by atoms with van der Waals surface area (Å²) in [5.41, 5.74) is 1.96. The van der Waals surface area contributed by atoms with Crippen molar-refractivity contribution in [2.75, 3.05) is 0 Å². The number of hydrogen-bond donors (Lipinski definition) is 4. The van der Waals surface area contributed by atoms with Gasteiger partial charge >= 0.3 is 11.9 Å². The molecule has 0 aromatic heterocycles. The predicted molar refractivity (Wildman–Crippen MR) is 77.6 cm³/mol. The second kappa shape index (κ2) is 6.38. The minimum atomic E-state index is -1.11. The number of hydrogen-bond acceptors (Lipinski definition) is 4. The van der Waals surface area contributed by atoms with Gasteiger partial charge in [-0.05, 0) is 46.5 Å². The molecule has 6 heteroatoms. The highest BCUT2D eigenvalue weighted by Crippen LogP contribution is 2.29. The van der Waals surface area contributed by atoms with Crippen molar-refractivity contribution in [2.24, 2.45) is 0 Å². The van der Waals surface area contributed by atoms with E-state index in [2.05, 4.69) is 0 Å². The van der Waals surface area contributed by atoms with Gasteiger partial charge in [0.05, 0.1) is 24.3 Å². The van der Waals surface area contributed by atoms with E-state index >= 15 is 0 Å². The van der Waals surface area contributed by atoms with Crippen molar-refractivity contribution >= 4 is 11.9 Å². The van der Waals surface area contributed by atoms with Gasteiger partial charge in [-0.25, -0.2) is 9.59 Å². The number of carbonyl (C=O) groups is 2. The molecular weight excluding hydrogens is 288 g/mol. The molecule has 22 heavy (non-hydrogen) atoms. The third kappa shape index (κ3) is 2.98. The zero-order valence-electron chi connectivity index (χ0n) is 11.5. The molecule has 2 aromatic carbocycles. The molecule has 114 valence electrons. The van der Waals surface area contributed by atoms with Gasteiger partial charge in [-0.2, -0.15) is 0 Å². The molecule has 0 radical (unpaired) electrons. The summed E-state index contributed by atoms with van der Waals surface area (Å²) in [6, 6.07) is 8.55. The van der Waals surface area contributed by atoms with Crippen LogP contribution in [0.4, 0.5) is 0 Å². The lowest BCUT2D eigenvalue weighted by atomic mass is 9.93. The predicted octanol–water partition coefficient (Wildman–Crippen LogP) is 1.73. The maximum atomic E-state index is 11.0. The Hall–Kier alpha value is -2.70. The van der Waals surface area contributed by atoms with Gasteiger partial charge in [-0.1, -0.05) is 12.1 Å². The highest BCUT2D eigenvalue weighted by atomic mass is 16.4. The van der Waals surface area contributed by atoms with Crippen LogP contribution in [0, 0.1) is 0 Å². The molecule has 2 aromatic rings. The quantitative estimate of drug-likeness (QED) is 0.668. The summed E-state index contributed by atoms with van der Waals surface area (Å²) in [6.45, 7) is -0.746. The van der Waals surface area contributed by atoms with Crippen molar-refractivity contribution in [3.05, 3.63) is 58.7 Å². The Bertz CT molecular complexity index is 672. The fraction of sp³-hybridized carbons (Fsp3) is 0.125. The van der Waals surface area contributed by atoms with E-state index in [1.807, 2.05) is 0 Å². The van der Waals surface area contributed by atoms with Gasteiger partial charge in [0.25, 0.3) is 0 Å². The van der Waals surface area contributed by atoms with E-state index in [0.29, 0.717) is 22.3 Å². The van der Waals surface area contributed by atoms with Gasteiger partial charge < -0.3 is 20.4 Å². The summed E-state index contributed by atoms with van der Waals surface area (Å²) >= 11 is 0. The highest BCUT2D eigenvalue weighted by Gasteiger charge is 2.14. The minimum absolute atomic E-state index is 0.0421. The van der Waals surface area contributed by atoms with Crippen LogP contribution in [0.25, 0.3) is 11.1 Å². The third-order valence-electron chi connectivity index (χ3n) is 3.34. The van der Waals surface area contributed by atoms with Crippen LogP contribution in [0.2, 0.25) is 0 Å². The summed E-state index contributed by atoms with van der Waals surface area (Å²) in [4.78, 5) is 21.9. The maximum absolute atomic E-state index is 11.0. The van der Waals surface area contributed by atoms with Crippen LogP contribution < -0.4 is 0 Å². The fourth-order valence-electron chi connectivity index (χ4n) is 2.24. The first kappa shape index (κ1) is 15.7. The van der Waals surface area contributed by atoms with Crippen LogP contribution >= 0.6 is 0 Å². The summed E-state index contributed by atoms with van der Waals surface area (Å²) in [5, 5.41) is 36.8. The lowest BCUT2D eigenvalue weighted by Crippen LogP contribution is -2.02. The van der Waals surface area contributed by atoms with Crippen LogP contribution in [-0.4, -0.2) is 32.4 Å². The van der Waals surface area contributed by atoms with E-state index in [9.17, 15) is 19.8 Å². The smallest absolute Gasteiger partial charge is 0.335 e. The molecule has 0 aliphatic heterocycles. The zero-order chi connectivity index (χ0) is 16.3. The number of aliphatic hydroxyl groups excluding tert-OH is 2. The number of carboxylic acid groups (broad SMARTS) is 2. The Morgan fingerprint density at radius 1 is 0.727 bits per heavy atom. The summed E-state index contributed by atoms with van der Waals surface area (Å²) < 4.78 is 0. The van der Waals surface area contributed by atoms with Crippen molar-refractivity contribution in [1.29, 1.82) is 0 Å². The standard InChI is InChI=1S/C16H14O6/c17-7-11-5-9(15(19)20)1-3-13(11)14-4-2-10(16(21)22)6-12(14)8-18/h1-6,17-18H,7-8H2,(H,19,20)(H,21,22). The Morgan fingerprint density at radius 3 is 1.36 bits per heavy atom. The van der Waals surface area contributed by atoms with Crippen molar-refractivity contribution in [3.63, 3.8) is 0 Å². The Labute approximate surface area is 125 Å². The van der Waals surface area contributed by atoms with Crippen molar-refractivity contribution in [2.45, 2.75) is 13.2 Å². The second-order valence-corrected chi connectivity index (χ2v) is 4.67. The molecule has 0 saturated carbocycles. The largest absolute Gasteiger partial charge is 0.478 e. The van der Waals surface area contributed by atoms with E-state index < -0.39 is 11.9 Å². The normalized spacial score (nSPS) is 10.5. The number of benzene rings is 2. The molecule has 0 aliphatic rings. The number of aliphatic hydroxyl groups is 2. The van der Waals surface area contributed by atoms with Crippen molar-refractivity contribution in [1.82, 2.24) is 0 Å². The molecule has 6 nitrogen and oxygen atoms in total. The third-order valence-corrected chi connectivity index (χ3v) is 3.34. The summed E-state index contributed by atoms with van der Waals surface area (Å²) in [6.07, 6.45) is 0. The average Bonchev–Trinajstić information content (AvgIpc) is 2.53. The first-order chi connectivity index (χ1) is 10.5. The first-order valence-electron chi connectivity index (χ1n) is 6.42. The van der Waals surface area contributed by atoms with Crippen molar-refractivity contribution in [3.8, 4) is 11.1 Å². The average molecular weight is 302 g/mol. The van der Waals surface area contributed by atoms with Crippen LogP contribution in [0.1, 0.15) is 31.8 Å². The monoisotopic (exact) mass is 302 g/mol. The Morgan fingerprint density at radius 2 is 1.09 bits per heavy atom. The van der Waals surface area contributed by atoms with Crippen LogP contribution in [0.5, 0.6) is 0 Å². The number of carboxylic acids is 2. The van der Waals surface area contributed by atoms with Crippen LogP contribution in [-0.2, 0) is 13.2 Å². The number of aromatic carboxylic acids is 2. The van der Waals surface area contributed by atoms with E-state index in [-0.39, 0.29) is 24.3 Å². The molecule has 0 spiro atoms. The minimum Gasteiger partial charge on any atom is -0.478 e. The number of rotatable bonds is 5. The van der Waals surface area contributed by atoms with Gasteiger partial charge in [0, 0.05) is 0 Å². The molecule has 2 rings (SSSR count). The first-order valence-corrected chi connectivity index (χ1v) is 6.42. The van der Waals surface area contributed by atoms with E-state index in [1.54, 1.807) is 0 Å². The Kier molecular flexibility index (Phi) is 4.55. The van der Waals surface area contributed by atoms with Crippen molar-refractivity contribution < 1.29 is 30.0 Å². The lowest BCUT2D eigenvalue weighted by molar-refractivity contribution is 0.0685. The molecule has 0 saturated heterocycles. The summed E-state index contributed by atoms with van der Waals surface area (Å²) in [5.74, 6) is -2.21. The van der Waals surface area contributed by atoms with E-state index in [4.69, 9.17) is 10.2 Å². The molecule has 0 amide bonds. The Balaban J connectivity index is 2.60. The second-order valence-electron chi connectivity index (χ2n) is 4.67. The van der Waals surface area contributed by atoms with Gasteiger partial charge in [0.2, 0.25) is 0 Å². The molecule has 0 fully saturated rings. The topological polar surface area (TPSA) is 115 Å². The van der Waals surface area contributed by atoms with Gasteiger partial charge in [0.15, 0.2) is 0 Å². The van der Waals surface area contributed by atoms with Gasteiger partial charge in [-0.3, -0.25) is 0 Å². The van der Waals surface area contributed by atoms with E-state index in [1.165, 1.54) is 36.4 Å². The van der Waals surface area contributed by atoms with Gasteiger partial charge in [0.1, 0.15) is 0 Å². The van der Waals surface area contributed by atoms with E-state index in [0.717, 1.165) is 0 Å². The highest BCUT2D eigenvalue weighted by molar-refractivity contribution is 5.91. The SMILES string of the molecule is O=C(O)c1ccc(-c2ccc(C(=O)O)cc2CO)c(CO)c1. The molecule has 0 unspecified atom stereocenters. The summed E-state index contributed by atoms with van der Waals surface area (Å²) in [7, 11) is 0. The van der Waals surface area contributed by atoms with Gasteiger partial charge in [-0.15, -0.1) is 0 Å². The zero-order valence-corrected chi connectivity index (χ0v) is 11.5. The van der Waals surface area contributed by atoms with Crippen LogP contribution in [0.15, 0.2) is 36.4 Å². The maximum Gasteiger partial charge on any atom is 0.335 e. The lowest BCUT2D eigenvalue weighted by Gasteiger charge is -2.13. The van der Waals surface area contributed by atoms with Crippen LogP contribution in [0.3, 0.4) is 0 Å². The molecule has 0 aliphatic carbocycles. The molecule has 4 N–H and O–H groups in total. The molecular formula is C16H14O6. The molecule has 0 heterocycles. The molecule has 0 atom stereocenters. The fourth-order valence-corrected chi connectivity index (χ4v) is 2.24. The molecule has 0 bridgehead atoms.